The molecule has 0 spiro atoms. The zero-order chi connectivity index (χ0) is 13.2. The summed E-state index contributed by atoms with van der Waals surface area (Å²) in [7, 11) is 1.73. The Hall–Kier alpha value is -0.980. The average molecular weight is 246 g/mol. The highest BCUT2D eigenvalue weighted by Crippen LogP contribution is 2.43. The van der Waals surface area contributed by atoms with Gasteiger partial charge >= 0.3 is 0 Å². The van der Waals surface area contributed by atoms with Crippen LogP contribution in [0.4, 0.5) is 0 Å². The molecule has 0 amide bonds. The van der Waals surface area contributed by atoms with Crippen LogP contribution in [-0.2, 0) is 0 Å². The minimum Gasteiger partial charge on any atom is -0.497 e. The van der Waals surface area contributed by atoms with Gasteiger partial charge in [-0.1, -0.05) is 32.9 Å². The molecule has 1 aliphatic carbocycles. The van der Waals surface area contributed by atoms with Gasteiger partial charge in [-0.3, -0.25) is 0 Å². The quantitative estimate of drug-likeness (QED) is 0.712. The fourth-order valence-electron chi connectivity index (χ4n) is 3.17. The van der Waals surface area contributed by atoms with Crippen LogP contribution in [0.25, 0.3) is 0 Å². The maximum Gasteiger partial charge on any atom is 0.118 e. The molecule has 1 aromatic rings. The first-order valence-electron chi connectivity index (χ1n) is 7.14. The monoisotopic (exact) mass is 246 g/mol. The highest BCUT2D eigenvalue weighted by molar-refractivity contribution is 5.29. The summed E-state index contributed by atoms with van der Waals surface area (Å²) in [4.78, 5) is 0. The van der Waals surface area contributed by atoms with Gasteiger partial charge in [-0.2, -0.15) is 0 Å². The number of hydrogen-bond donors (Lipinski definition) is 0. The second-order valence-electron chi connectivity index (χ2n) is 6.69. The first-order valence-corrected chi connectivity index (χ1v) is 7.14. The molecule has 0 heterocycles. The van der Waals surface area contributed by atoms with Crippen molar-refractivity contribution in [1.29, 1.82) is 0 Å². The average Bonchev–Trinajstić information content (AvgIpc) is 2.38. The highest BCUT2D eigenvalue weighted by atomic mass is 16.5. The third kappa shape index (κ3) is 3.07. The van der Waals surface area contributed by atoms with E-state index >= 15 is 0 Å². The van der Waals surface area contributed by atoms with Gasteiger partial charge in [-0.05, 0) is 60.6 Å². The largest absolute Gasteiger partial charge is 0.497 e. The van der Waals surface area contributed by atoms with Crippen molar-refractivity contribution < 1.29 is 4.74 Å². The summed E-state index contributed by atoms with van der Waals surface area (Å²) in [6.07, 6.45) is 5.43. The topological polar surface area (TPSA) is 9.23 Å². The third-order valence-corrected chi connectivity index (χ3v) is 4.54. The molecule has 0 N–H and O–H groups in total. The number of methoxy groups -OCH3 is 1. The zero-order valence-electron chi connectivity index (χ0n) is 12.2. The Kier molecular flexibility index (Phi) is 3.99. The predicted octanol–water partition coefficient (Wildman–Crippen LogP) is 5.02. The second-order valence-corrected chi connectivity index (χ2v) is 6.69. The SMILES string of the molecule is COc1ccc(C2CCC(C(C)(C)C)CC2)cc1. The summed E-state index contributed by atoms with van der Waals surface area (Å²) in [5.41, 5.74) is 1.97. The fourth-order valence-corrected chi connectivity index (χ4v) is 3.17. The van der Waals surface area contributed by atoms with Crippen LogP contribution >= 0.6 is 0 Å². The molecule has 0 bridgehead atoms. The summed E-state index contributed by atoms with van der Waals surface area (Å²) in [5.74, 6) is 2.61. The molecule has 1 nitrogen and oxygen atoms in total. The predicted molar refractivity (Wildman–Crippen MR) is 77.1 cm³/mol. The lowest BCUT2D eigenvalue weighted by atomic mass is 9.69. The van der Waals surface area contributed by atoms with E-state index in [1.807, 2.05) is 0 Å². The van der Waals surface area contributed by atoms with E-state index < -0.39 is 0 Å². The Morgan fingerprint density at radius 3 is 1.94 bits per heavy atom. The van der Waals surface area contributed by atoms with E-state index in [4.69, 9.17) is 4.74 Å². The van der Waals surface area contributed by atoms with Gasteiger partial charge in [0.1, 0.15) is 5.75 Å². The van der Waals surface area contributed by atoms with Crippen molar-refractivity contribution in [2.45, 2.75) is 52.4 Å². The van der Waals surface area contributed by atoms with E-state index in [9.17, 15) is 0 Å². The van der Waals surface area contributed by atoms with Crippen LogP contribution < -0.4 is 4.74 Å². The summed E-state index contributed by atoms with van der Waals surface area (Å²) >= 11 is 0. The number of rotatable bonds is 2. The Bertz CT molecular complexity index is 364. The molecule has 0 saturated heterocycles. The van der Waals surface area contributed by atoms with E-state index in [1.54, 1.807) is 7.11 Å². The van der Waals surface area contributed by atoms with Crippen molar-refractivity contribution in [2.24, 2.45) is 11.3 Å². The van der Waals surface area contributed by atoms with E-state index in [0.29, 0.717) is 5.41 Å². The van der Waals surface area contributed by atoms with Crippen LogP contribution in [0.3, 0.4) is 0 Å². The van der Waals surface area contributed by atoms with Crippen molar-refractivity contribution >= 4 is 0 Å². The normalized spacial score (nSPS) is 24.9. The van der Waals surface area contributed by atoms with Crippen LogP contribution in [0.2, 0.25) is 0 Å². The molecule has 1 saturated carbocycles. The van der Waals surface area contributed by atoms with Crippen LogP contribution in [0.15, 0.2) is 24.3 Å². The van der Waals surface area contributed by atoms with Crippen molar-refractivity contribution in [3.63, 3.8) is 0 Å². The number of benzene rings is 1. The molecule has 2 rings (SSSR count). The molecule has 1 heteroatoms. The van der Waals surface area contributed by atoms with Gasteiger partial charge in [0.2, 0.25) is 0 Å². The number of hydrogen-bond acceptors (Lipinski definition) is 1. The molecule has 1 aromatic carbocycles. The Morgan fingerprint density at radius 2 is 1.50 bits per heavy atom. The first-order chi connectivity index (χ1) is 8.50. The van der Waals surface area contributed by atoms with Crippen LogP contribution in [0, 0.1) is 11.3 Å². The summed E-state index contributed by atoms with van der Waals surface area (Å²) < 4.78 is 5.22. The first kappa shape index (κ1) is 13.5. The van der Waals surface area contributed by atoms with Crippen molar-refractivity contribution in [1.82, 2.24) is 0 Å². The van der Waals surface area contributed by atoms with Crippen LogP contribution in [-0.4, -0.2) is 7.11 Å². The molecule has 0 atom stereocenters. The molecule has 1 fully saturated rings. The Balaban J connectivity index is 1.96. The van der Waals surface area contributed by atoms with Crippen molar-refractivity contribution in [3.8, 4) is 5.75 Å². The van der Waals surface area contributed by atoms with Gasteiger partial charge < -0.3 is 4.74 Å². The van der Waals surface area contributed by atoms with Gasteiger partial charge in [0.25, 0.3) is 0 Å². The fraction of sp³-hybridized carbons (Fsp3) is 0.647. The molecule has 1 aliphatic rings. The lowest BCUT2D eigenvalue weighted by molar-refractivity contribution is 0.169. The minimum absolute atomic E-state index is 0.477. The molecule has 0 unspecified atom stereocenters. The van der Waals surface area contributed by atoms with Gasteiger partial charge in [0.05, 0.1) is 7.11 Å². The maximum atomic E-state index is 5.22. The van der Waals surface area contributed by atoms with Crippen LogP contribution in [0.1, 0.15) is 57.9 Å². The molecule has 0 aromatic heterocycles. The minimum atomic E-state index is 0.477. The van der Waals surface area contributed by atoms with Crippen LogP contribution in [0.5, 0.6) is 5.75 Å². The smallest absolute Gasteiger partial charge is 0.118 e. The van der Waals surface area contributed by atoms with Crippen molar-refractivity contribution in [2.75, 3.05) is 7.11 Å². The van der Waals surface area contributed by atoms with Gasteiger partial charge in [0.15, 0.2) is 0 Å². The zero-order valence-corrected chi connectivity index (χ0v) is 12.2. The van der Waals surface area contributed by atoms with Crippen molar-refractivity contribution in [3.05, 3.63) is 29.8 Å². The lowest BCUT2D eigenvalue weighted by Gasteiger charge is -2.37. The lowest BCUT2D eigenvalue weighted by Crippen LogP contribution is -2.25. The Morgan fingerprint density at radius 1 is 0.944 bits per heavy atom. The van der Waals surface area contributed by atoms with E-state index in [-0.39, 0.29) is 0 Å². The number of ether oxygens (including phenoxy) is 1. The van der Waals surface area contributed by atoms with E-state index in [1.165, 1.54) is 31.2 Å². The van der Waals surface area contributed by atoms with Gasteiger partial charge in [-0.15, -0.1) is 0 Å². The molecular formula is C17H26O. The molecule has 18 heavy (non-hydrogen) atoms. The summed E-state index contributed by atoms with van der Waals surface area (Å²) in [5, 5.41) is 0. The Labute approximate surface area is 112 Å². The van der Waals surface area contributed by atoms with Gasteiger partial charge in [0, 0.05) is 0 Å². The van der Waals surface area contributed by atoms with E-state index in [0.717, 1.165) is 17.6 Å². The second kappa shape index (κ2) is 5.34. The highest BCUT2D eigenvalue weighted by Gasteiger charge is 2.30. The summed E-state index contributed by atoms with van der Waals surface area (Å²) in [6.45, 7) is 7.14. The third-order valence-electron chi connectivity index (χ3n) is 4.54. The maximum absolute atomic E-state index is 5.22. The molecular weight excluding hydrogens is 220 g/mol. The molecule has 100 valence electrons. The summed E-state index contributed by atoms with van der Waals surface area (Å²) in [6, 6.07) is 8.65. The molecule has 0 radical (unpaired) electrons. The van der Waals surface area contributed by atoms with Gasteiger partial charge in [-0.25, -0.2) is 0 Å². The standard InChI is InChI=1S/C17H26O/c1-17(2,3)15-9-5-13(6-10-15)14-7-11-16(18-4)12-8-14/h7-8,11-13,15H,5-6,9-10H2,1-4H3. The van der Waals surface area contributed by atoms with E-state index in [2.05, 4.69) is 45.0 Å². The molecule has 0 aliphatic heterocycles.